The Labute approximate surface area is 103 Å². The van der Waals surface area contributed by atoms with Crippen LogP contribution in [-0.4, -0.2) is 35.2 Å². The average molecular weight is 240 g/mol. The molecule has 0 radical (unpaired) electrons. The zero-order valence-corrected chi connectivity index (χ0v) is 11.0. The smallest absolute Gasteiger partial charge is 0.240 e. The lowest BCUT2D eigenvalue weighted by molar-refractivity contribution is -0.135. The minimum absolute atomic E-state index is 0.0853. The first-order valence-electron chi connectivity index (χ1n) is 6.60. The summed E-state index contributed by atoms with van der Waals surface area (Å²) in [5, 5.41) is 16.1. The van der Waals surface area contributed by atoms with Crippen molar-refractivity contribution in [2.24, 2.45) is 5.41 Å². The van der Waals surface area contributed by atoms with Crippen molar-refractivity contribution in [3.8, 4) is 0 Å². The molecule has 0 aromatic rings. The first-order valence-corrected chi connectivity index (χ1v) is 6.60. The van der Waals surface area contributed by atoms with Crippen LogP contribution >= 0.6 is 0 Å². The third kappa shape index (κ3) is 2.20. The van der Waals surface area contributed by atoms with Crippen molar-refractivity contribution in [1.82, 2.24) is 10.6 Å². The molecule has 0 aromatic carbocycles. The van der Waals surface area contributed by atoms with Gasteiger partial charge in [0.05, 0.1) is 11.6 Å². The van der Waals surface area contributed by atoms with E-state index < -0.39 is 5.54 Å². The third-order valence-corrected chi connectivity index (χ3v) is 4.64. The molecule has 3 N–H and O–H groups in total. The number of nitrogens with one attached hydrogen (secondary N) is 2. The van der Waals surface area contributed by atoms with Crippen LogP contribution in [0.1, 0.15) is 46.5 Å². The van der Waals surface area contributed by atoms with Crippen molar-refractivity contribution >= 4 is 5.91 Å². The molecule has 4 nitrogen and oxygen atoms in total. The molecule has 3 unspecified atom stereocenters. The quantitative estimate of drug-likeness (QED) is 0.669. The Balaban J connectivity index is 1.93. The number of aliphatic hydroxyl groups is 1. The molecule has 4 heteroatoms. The molecule has 1 saturated heterocycles. The zero-order valence-electron chi connectivity index (χ0n) is 11.0. The largest absolute Gasteiger partial charge is 0.392 e. The monoisotopic (exact) mass is 240 g/mol. The normalized spacial score (nSPS) is 40.5. The summed E-state index contributed by atoms with van der Waals surface area (Å²) in [7, 11) is 0. The summed E-state index contributed by atoms with van der Waals surface area (Å²) in [6, 6.07) is 0.102. The molecule has 0 bridgehead atoms. The summed E-state index contributed by atoms with van der Waals surface area (Å²) in [6.45, 7) is 6.90. The van der Waals surface area contributed by atoms with E-state index in [1.54, 1.807) is 0 Å². The Morgan fingerprint density at radius 3 is 2.53 bits per heavy atom. The van der Waals surface area contributed by atoms with Crippen LogP contribution in [0, 0.1) is 5.41 Å². The van der Waals surface area contributed by atoms with E-state index in [2.05, 4.69) is 10.6 Å². The van der Waals surface area contributed by atoms with Crippen LogP contribution in [0.2, 0.25) is 0 Å². The highest BCUT2D eigenvalue weighted by atomic mass is 16.3. The summed E-state index contributed by atoms with van der Waals surface area (Å²) < 4.78 is 0. The molecule has 0 spiro atoms. The van der Waals surface area contributed by atoms with Gasteiger partial charge in [-0.1, -0.05) is 13.8 Å². The van der Waals surface area contributed by atoms with Crippen LogP contribution in [0.5, 0.6) is 0 Å². The number of carbonyl (C=O) groups is 1. The molecular weight excluding hydrogens is 216 g/mol. The standard InChI is InChI=1S/C13H24N2O2/c1-12(2)9(8-10(12)16)15-11(17)13(3)6-4-5-7-14-13/h9-10,14,16H,4-8H2,1-3H3,(H,15,17). The van der Waals surface area contributed by atoms with Gasteiger partial charge in [-0.25, -0.2) is 0 Å². The van der Waals surface area contributed by atoms with Crippen LogP contribution in [0.3, 0.4) is 0 Å². The number of amides is 1. The minimum Gasteiger partial charge on any atom is -0.392 e. The second kappa shape index (κ2) is 4.25. The molecular formula is C13H24N2O2. The van der Waals surface area contributed by atoms with Gasteiger partial charge in [0, 0.05) is 11.5 Å². The lowest BCUT2D eigenvalue weighted by Gasteiger charge is -2.50. The second-order valence-electron chi connectivity index (χ2n) is 6.31. The van der Waals surface area contributed by atoms with Gasteiger partial charge in [0.25, 0.3) is 0 Å². The number of carbonyl (C=O) groups excluding carboxylic acids is 1. The van der Waals surface area contributed by atoms with Gasteiger partial charge in [0.1, 0.15) is 0 Å². The molecule has 1 amide bonds. The van der Waals surface area contributed by atoms with Crippen LogP contribution in [-0.2, 0) is 4.79 Å². The summed E-state index contributed by atoms with van der Waals surface area (Å²) in [5.74, 6) is 0.0853. The van der Waals surface area contributed by atoms with Crippen LogP contribution < -0.4 is 10.6 Å². The molecule has 3 atom stereocenters. The van der Waals surface area contributed by atoms with Crippen molar-refractivity contribution in [1.29, 1.82) is 0 Å². The van der Waals surface area contributed by atoms with Gasteiger partial charge < -0.3 is 15.7 Å². The summed E-state index contributed by atoms with van der Waals surface area (Å²) >= 11 is 0. The topological polar surface area (TPSA) is 61.4 Å². The van der Waals surface area contributed by atoms with E-state index in [9.17, 15) is 9.90 Å². The van der Waals surface area contributed by atoms with Crippen molar-refractivity contribution in [2.75, 3.05) is 6.54 Å². The van der Waals surface area contributed by atoms with Crippen LogP contribution in [0.4, 0.5) is 0 Å². The van der Waals surface area contributed by atoms with E-state index in [0.717, 1.165) is 25.8 Å². The fraction of sp³-hybridized carbons (Fsp3) is 0.923. The SMILES string of the molecule is CC1(C(=O)NC2CC(O)C2(C)C)CCCCN1. The van der Waals surface area contributed by atoms with E-state index in [1.165, 1.54) is 0 Å². The number of piperidine rings is 1. The van der Waals surface area contributed by atoms with E-state index in [1.807, 2.05) is 20.8 Å². The lowest BCUT2D eigenvalue weighted by Crippen LogP contribution is -2.66. The van der Waals surface area contributed by atoms with Gasteiger partial charge in [-0.05, 0) is 39.2 Å². The highest BCUT2D eigenvalue weighted by Gasteiger charge is 2.49. The molecule has 2 rings (SSSR count). The Morgan fingerprint density at radius 1 is 1.35 bits per heavy atom. The molecule has 2 fully saturated rings. The van der Waals surface area contributed by atoms with Gasteiger partial charge in [-0.15, -0.1) is 0 Å². The maximum Gasteiger partial charge on any atom is 0.240 e. The van der Waals surface area contributed by atoms with Gasteiger partial charge in [-0.3, -0.25) is 4.79 Å². The third-order valence-electron chi connectivity index (χ3n) is 4.64. The minimum atomic E-state index is -0.422. The highest BCUT2D eigenvalue weighted by molar-refractivity contribution is 5.86. The first-order chi connectivity index (χ1) is 7.86. The molecule has 1 aliphatic heterocycles. The maximum absolute atomic E-state index is 12.3. The Kier molecular flexibility index (Phi) is 3.21. The molecule has 98 valence electrons. The number of hydrogen-bond acceptors (Lipinski definition) is 3. The maximum atomic E-state index is 12.3. The summed E-state index contributed by atoms with van der Waals surface area (Å²) in [4.78, 5) is 12.3. The Bertz CT molecular complexity index is 309. The number of aliphatic hydroxyl groups excluding tert-OH is 1. The summed E-state index contributed by atoms with van der Waals surface area (Å²) in [6.07, 6.45) is 3.54. The molecule has 1 heterocycles. The van der Waals surface area contributed by atoms with Crippen LogP contribution in [0.25, 0.3) is 0 Å². The van der Waals surface area contributed by atoms with E-state index in [0.29, 0.717) is 6.42 Å². The van der Waals surface area contributed by atoms with Gasteiger partial charge >= 0.3 is 0 Å². The average Bonchev–Trinajstić information content (AvgIpc) is 2.29. The van der Waals surface area contributed by atoms with Gasteiger partial charge in [0.15, 0.2) is 0 Å². The lowest BCUT2D eigenvalue weighted by atomic mass is 9.64. The summed E-state index contributed by atoms with van der Waals surface area (Å²) in [5.41, 5.74) is -0.616. The predicted octanol–water partition coefficient (Wildman–Crippen LogP) is 0.794. The zero-order chi connectivity index (χ0) is 12.7. The molecule has 1 aliphatic carbocycles. The van der Waals surface area contributed by atoms with E-state index in [-0.39, 0.29) is 23.5 Å². The van der Waals surface area contributed by atoms with Crippen molar-refractivity contribution in [3.63, 3.8) is 0 Å². The van der Waals surface area contributed by atoms with Gasteiger partial charge in [-0.2, -0.15) is 0 Å². The van der Waals surface area contributed by atoms with Crippen molar-refractivity contribution in [3.05, 3.63) is 0 Å². The number of hydrogen-bond donors (Lipinski definition) is 3. The van der Waals surface area contributed by atoms with Crippen molar-refractivity contribution < 1.29 is 9.90 Å². The van der Waals surface area contributed by atoms with Crippen LogP contribution in [0.15, 0.2) is 0 Å². The van der Waals surface area contributed by atoms with E-state index >= 15 is 0 Å². The molecule has 2 aliphatic rings. The second-order valence-corrected chi connectivity index (χ2v) is 6.31. The molecule has 0 aromatic heterocycles. The molecule has 1 saturated carbocycles. The van der Waals surface area contributed by atoms with Gasteiger partial charge in [0.2, 0.25) is 5.91 Å². The predicted molar refractivity (Wildman–Crippen MR) is 66.6 cm³/mol. The van der Waals surface area contributed by atoms with Crippen molar-refractivity contribution in [2.45, 2.75) is 64.1 Å². The Morgan fingerprint density at radius 2 is 2.06 bits per heavy atom. The molecule has 17 heavy (non-hydrogen) atoms. The fourth-order valence-electron chi connectivity index (χ4n) is 2.71. The Hall–Kier alpha value is -0.610. The highest BCUT2D eigenvalue weighted by Crippen LogP contribution is 2.40. The fourth-order valence-corrected chi connectivity index (χ4v) is 2.71. The first kappa shape index (κ1) is 12.8. The number of rotatable bonds is 2. The van der Waals surface area contributed by atoms with E-state index in [4.69, 9.17) is 0 Å².